The number of likely N-dealkylation sites (tertiary alicyclic amines) is 1. The van der Waals surface area contributed by atoms with Crippen molar-refractivity contribution in [1.82, 2.24) is 10.2 Å². The molecule has 118 valence electrons. The molecule has 0 amide bonds. The monoisotopic (exact) mass is 318 g/mol. The number of piperidine rings is 1. The molecule has 0 atom stereocenters. The van der Waals surface area contributed by atoms with Crippen LogP contribution in [0.3, 0.4) is 0 Å². The standard InChI is InChI=1S/C18H23FN2S/c1-14-8-11-22-18(14)12-20-17-6-9-21(10-7-17)13-15-2-4-16(19)5-3-15/h2-5,8,11,17,20H,6-7,9-10,12-13H2,1H3. The molecule has 2 heterocycles. The minimum Gasteiger partial charge on any atom is -0.309 e. The van der Waals surface area contributed by atoms with E-state index in [9.17, 15) is 4.39 Å². The van der Waals surface area contributed by atoms with Gasteiger partial charge in [0.15, 0.2) is 0 Å². The number of hydrogen-bond acceptors (Lipinski definition) is 3. The zero-order valence-corrected chi connectivity index (χ0v) is 13.8. The number of nitrogens with one attached hydrogen (secondary N) is 1. The van der Waals surface area contributed by atoms with Gasteiger partial charge in [-0.05, 0) is 67.6 Å². The largest absolute Gasteiger partial charge is 0.309 e. The van der Waals surface area contributed by atoms with E-state index in [0.29, 0.717) is 6.04 Å². The lowest BCUT2D eigenvalue weighted by Crippen LogP contribution is -2.41. The maximum Gasteiger partial charge on any atom is 0.123 e. The second-order valence-electron chi connectivity index (χ2n) is 6.08. The maximum atomic E-state index is 12.9. The molecule has 4 heteroatoms. The Morgan fingerprint density at radius 3 is 2.55 bits per heavy atom. The molecule has 1 aliphatic rings. The molecule has 0 saturated carbocycles. The Balaban J connectivity index is 1.42. The molecular weight excluding hydrogens is 295 g/mol. The first-order valence-electron chi connectivity index (χ1n) is 7.94. The molecule has 1 N–H and O–H groups in total. The van der Waals surface area contributed by atoms with Crippen molar-refractivity contribution in [1.29, 1.82) is 0 Å². The van der Waals surface area contributed by atoms with Gasteiger partial charge in [-0.15, -0.1) is 11.3 Å². The van der Waals surface area contributed by atoms with Gasteiger partial charge < -0.3 is 5.32 Å². The smallest absolute Gasteiger partial charge is 0.123 e. The second kappa shape index (κ2) is 7.36. The highest BCUT2D eigenvalue weighted by atomic mass is 32.1. The van der Waals surface area contributed by atoms with E-state index in [4.69, 9.17) is 0 Å². The molecule has 1 saturated heterocycles. The first kappa shape index (κ1) is 15.7. The van der Waals surface area contributed by atoms with Gasteiger partial charge in [-0.3, -0.25) is 4.90 Å². The molecule has 1 aromatic carbocycles. The topological polar surface area (TPSA) is 15.3 Å². The third kappa shape index (κ3) is 4.15. The van der Waals surface area contributed by atoms with Gasteiger partial charge in [-0.2, -0.15) is 0 Å². The summed E-state index contributed by atoms with van der Waals surface area (Å²) in [7, 11) is 0. The highest BCUT2D eigenvalue weighted by Crippen LogP contribution is 2.18. The van der Waals surface area contributed by atoms with E-state index >= 15 is 0 Å². The average molecular weight is 318 g/mol. The summed E-state index contributed by atoms with van der Waals surface area (Å²) < 4.78 is 12.9. The van der Waals surface area contributed by atoms with Crippen molar-refractivity contribution in [3.63, 3.8) is 0 Å². The molecule has 0 spiro atoms. The Hall–Kier alpha value is -1.23. The van der Waals surface area contributed by atoms with Crippen molar-refractivity contribution in [3.8, 4) is 0 Å². The second-order valence-corrected chi connectivity index (χ2v) is 7.09. The molecule has 3 rings (SSSR count). The average Bonchev–Trinajstić information content (AvgIpc) is 2.94. The summed E-state index contributed by atoms with van der Waals surface area (Å²) in [5.74, 6) is -0.157. The van der Waals surface area contributed by atoms with Crippen LogP contribution in [0.4, 0.5) is 4.39 Å². The molecular formula is C18H23FN2S. The fourth-order valence-corrected chi connectivity index (χ4v) is 3.82. The quantitative estimate of drug-likeness (QED) is 0.898. The first-order chi connectivity index (χ1) is 10.7. The molecule has 0 unspecified atom stereocenters. The summed E-state index contributed by atoms with van der Waals surface area (Å²) in [5, 5.41) is 5.86. The lowest BCUT2D eigenvalue weighted by Gasteiger charge is -2.32. The third-order valence-corrected chi connectivity index (χ3v) is 5.45. The fraction of sp³-hybridized carbons (Fsp3) is 0.444. The lowest BCUT2D eigenvalue weighted by atomic mass is 10.0. The number of halogens is 1. The van der Waals surface area contributed by atoms with Crippen LogP contribution < -0.4 is 5.32 Å². The molecule has 2 aromatic rings. The van der Waals surface area contributed by atoms with Gasteiger partial charge in [0.25, 0.3) is 0 Å². The molecule has 1 aromatic heterocycles. The lowest BCUT2D eigenvalue weighted by molar-refractivity contribution is 0.190. The number of thiophene rings is 1. The van der Waals surface area contributed by atoms with E-state index in [1.807, 2.05) is 23.5 Å². The zero-order chi connectivity index (χ0) is 15.4. The highest BCUT2D eigenvalue weighted by molar-refractivity contribution is 7.10. The highest BCUT2D eigenvalue weighted by Gasteiger charge is 2.19. The number of hydrogen-bond donors (Lipinski definition) is 1. The van der Waals surface area contributed by atoms with Gasteiger partial charge in [-0.25, -0.2) is 4.39 Å². The van der Waals surface area contributed by atoms with Crippen LogP contribution >= 0.6 is 11.3 Å². The van der Waals surface area contributed by atoms with Crippen molar-refractivity contribution in [3.05, 3.63) is 57.5 Å². The predicted octanol–water partition coefficient (Wildman–Crippen LogP) is 3.95. The molecule has 1 aliphatic heterocycles. The van der Waals surface area contributed by atoms with E-state index in [2.05, 4.69) is 28.6 Å². The Labute approximate surface area is 136 Å². The van der Waals surface area contributed by atoms with Crippen LogP contribution in [0.2, 0.25) is 0 Å². The van der Waals surface area contributed by atoms with E-state index in [0.717, 1.165) is 26.2 Å². The van der Waals surface area contributed by atoms with Crippen LogP contribution in [0, 0.1) is 12.7 Å². The predicted molar refractivity (Wildman–Crippen MR) is 90.6 cm³/mol. The SMILES string of the molecule is Cc1ccsc1CNC1CCN(Cc2ccc(F)cc2)CC1. The Morgan fingerprint density at radius 1 is 1.18 bits per heavy atom. The molecule has 2 nitrogen and oxygen atoms in total. The van der Waals surface area contributed by atoms with Crippen molar-refractivity contribution >= 4 is 11.3 Å². The number of nitrogens with zero attached hydrogens (tertiary/aromatic N) is 1. The van der Waals surface area contributed by atoms with Crippen molar-refractivity contribution < 1.29 is 4.39 Å². The zero-order valence-electron chi connectivity index (χ0n) is 13.0. The van der Waals surface area contributed by atoms with Crippen LogP contribution in [0.25, 0.3) is 0 Å². The number of rotatable bonds is 5. The van der Waals surface area contributed by atoms with Gasteiger partial charge in [0, 0.05) is 24.0 Å². The van der Waals surface area contributed by atoms with Crippen molar-refractivity contribution in [2.45, 2.75) is 38.9 Å². The molecule has 0 bridgehead atoms. The van der Waals surface area contributed by atoms with Gasteiger partial charge in [0.2, 0.25) is 0 Å². The van der Waals surface area contributed by atoms with E-state index in [1.165, 1.54) is 28.8 Å². The normalized spacial score (nSPS) is 17.0. The van der Waals surface area contributed by atoms with Crippen LogP contribution in [0.1, 0.15) is 28.8 Å². The van der Waals surface area contributed by atoms with Crippen LogP contribution in [0.15, 0.2) is 35.7 Å². The van der Waals surface area contributed by atoms with Crippen LogP contribution in [-0.2, 0) is 13.1 Å². The van der Waals surface area contributed by atoms with Crippen LogP contribution in [-0.4, -0.2) is 24.0 Å². The van der Waals surface area contributed by atoms with Gasteiger partial charge in [0.05, 0.1) is 0 Å². The molecule has 22 heavy (non-hydrogen) atoms. The van der Waals surface area contributed by atoms with Gasteiger partial charge >= 0.3 is 0 Å². The Bertz CT molecular complexity index is 585. The number of benzene rings is 1. The summed E-state index contributed by atoms with van der Waals surface area (Å²) >= 11 is 1.84. The minimum absolute atomic E-state index is 0.157. The molecule has 0 aliphatic carbocycles. The van der Waals surface area contributed by atoms with Crippen molar-refractivity contribution in [2.24, 2.45) is 0 Å². The van der Waals surface area contributed by atoms with Gasteiger partial charge in [0.1, 0.15) is 5.82 Å². The van der Waals surface area contributed by atoms with Gasteiger partial charge in [-0.1, -0.05) is 12.1 Å². The summed E-state index contributed by atoms with van der Waals surface area (Å²) in [6.45, 7) is 6.32. The summed E-state index contributed by atoms with van der Waals surface area (Å²) in [4.78, 5) is 3.91. The first-order valence-corrected chi connectivity index (χ1v) is 8.82. The summed E-state index contributed by atoms with van der Waals surface area (Å²) in [5.41, 5.74) is 2.59. The van der Waals surface area contributed by atoms with E-state index in [-0.39, 0.29) is 5.82 Å². The fourth-order valence-electron chi connectivity index (χ4n) is 2.97. The Kier molecular flexibility index (Phi) is 5.24. The minimum atomic E-state index is -0.157. The molecule has 1 fully saturated rings. The summed E-state index contributed by atoms with van der Waals surface area (Å²) in [6.07, 6.45) is 2.37. The van der Waals surface area contributed by atoms with E-state index in [1.54, 1.807) is 12.1 Å². The number of aryl methyl sites for hydroxylation is 1. The van der Waals surface area contributed by atoms with E-state index < -0.39 is 0 Å². The molecule has 0 radical (unpaired) electrons. The third-order valence-electron chi connectivity index (χ3n) is 4.43. The Morgan fingerprint density at radius 2 is 1.91 bits per heavy atom. The van der Waals surface area contributed by atoms with Crippen LogP contribution in [0.5, 0.6) is 0 Å². The maximum absolute atomic E-state index is 12.9. The summed E-state index contributed by atoms with van der Waals surface area (Å²) in [6, 6.07) is 9.68. The van der Waals surface area contributed by atoms with Crippen molar-refractivity contribution in [2.75, 3.05) is 13.1 Å².